The molecule has 0 spiro atoms. The van der Waals surface area contributed by atoms with Crippen molar-refractivity contribution in [3.05, 3.63) is 36.0 Å². The van der Waals surface area contributed by atoms with Crippen LogP contribution in [0.1, 0.15) is 37.0 Å². The molecule has 0 unspecified atom stereocenters. The van der Waals surface area contributed by atoms with E-state index < -0.39 is 5.97 Å². The van der Waals surface area contributed by atoms with E-state index in [0.29, 0.717) is 49.7 Å². The number of carbonyl (C=O) groups is 2. The summed E-state index contributed by atoms with van der Waals surface area (Å²) in [7, 11) is 0. The number of piperidine rings is 1. The molecule has 1 N–H and O–H groups in total. The Balaban J connectivity index is 1.90. The Morgan fingerprint density at radius 2 is 1.83 bits per heavy atom. The van der Waals surface area contributed by atoms with Crippen LogP contribution in [0, 0.1) is 5.92 Å². The summed E-state index contributed by atoms with van der Waals surface area (Å²) in [5.74, 6) is -0.0213. The molecule has 1 fully saturated rings. The van der Waals surface area contributed by atoms with Crippen molar-refractivity contribution in [3.63, 3.8) is 0 Å². The van der Waals surface area contributed by atoms with Gasteiger partial charge in [0, 0.05) is 19.3 Å². The fourth-order valence-electron chi connectivity index (χ4n) is 3.35. The van der Waals surface area contributed by atoms with Crippen molar-refractivity contribution < 1.29 is 24.2 Å². The Bertz CT molecular complexity index is 878. The molecule has 2 aromatic rings. The Hall–Kier alpha value is -3.16. The lowest BCUT2D eigenvalue weighted by Crippen LogP contribution is -2.38. The zero-order valence-corrected chi connectivity index (χ0v) is 16.6. The van der Waals surface area contributed by atoms with Gasteiger partial charge in [0.05, 0.1) is 24.7 Å². The number of hydrogen-bond donors (Lipinski definition) is 1. The van der Waals surface area contributed by atoms with Crippen molar-refractivity contribution in [2.24, 2.45) is 5.92 Å². The summed E-state index contributed by atoms with van der Waals surface area (Å²) in [6.45, 7) is 5.23. The lowest BCUT2D eigenvalue weighted by Gasteiger charge is -2.32. The molecular formula is C21H25N3O5. The molecule has 8 nitrogen and oxygen atoms in total. The first kappa shape index (κ1) is 20.6. The van der Waals surface area contributed by atoms with Gasteiger partial charge in [-0.3, -0.25) is 4.79 Å². The van der Waals surface area contributed by atoms with Gasteiger partial charge in [0.2, 0.25) is 0 Å². The molecule has 8 heteroatoms. The molecule has 0 atom stereocenters. The fraction of sp³-hybridized carbons (Fsp3) is 0.429. The summed E-state index contributed by atoms with van der Waals surface area (Å²) in [6.07, 6.45) is 2.65. The van der Waals surface area contributed by atoms with Crippen LogP contribution in [-0.4, -0.2) is 53.3 Å². The molecule has 3 rings (SSSR count). The number of carbonyl (C=O) groups excluding carboxylic acids is 2. The molecule has 0 bridgehead atoms. The predicted molar refractivity (Wildman–Crippen MR) is 107 cm³/mol. The Morgan fingerprint density at radius 1 is 1.14 bits per heavy atom. The van der Waals surface area contributed by atoms with Crippen molar-refractivity contribution in [2.75, 3.05) is 31.2 Å². The van der Waals surface area contributed by atoms with E-state index in [9.17, 15) is 14.7 Å². The van der Waals surface area contributed by atoms with E-state index in [4.69, 9.17) is 9.47 Å². The normalized spacial score (nSPS) is 14.5. The largest absolute Gasteiger partial charge is 0.507 e. The minimum Gasteiger partial charge on any atom is -0.507 e. The number of ether oxygens (including phenoxy) is 2. The van der Waals surface area contributed by atoms with E-state index in [1.165, 1.54) is 6.20 Å². The quantitative estimate of drug-likeness (QED) is 0.740. The second kappa shape index (κ2) is 9.36. The van der Waals surface area contributed by atoms with Crippen molar-refractivity contribution in [1.29, 1.82) is 0 Å². The van der Waals surface area contributed by atoms with Gasteiger partial charge in [-0.25, -0.2) is 14.8 Å². The number of para-hydroxylation sites is 1. The number of anilines is 1. The molecule has 1 aliphatic heterocycles. The molecule has 0 amide bonds. The summed E-state index contributed by atoms with van der Waals surface area (Å²) in [5.41, 5.74) is 0.742. The van der Waals surface area contributed by atoms with E-state index in [2.05, 4.69) is 9.97 Å². The summed E-state index contributed by atoms with van der Waals surface area (Å²) in [4.78, 5) is 35.2. The maximum Gasteiger partial charge on any atom is 0.343 e. The highest BCUT2D eigenvalue weighted by molar-refractivity contribution is 5.95. The second-order valence-electron chi connectivity index (χ2n) is 6.68. The van der Waals surface area contributed by atoms with Crippen LogP contribution in [0.4, 0.5) is 5.82 Å². The van der Waals surface area contributed by atoms with Crippen LogP contribution in [0.2, 0.25) is 0 Å². The number of benzene rings is 1. The van der Waals surface area contributed by atoms with Crippen LogP contribution in [-0.2, 0) is 14.3 Å². The first-order valence-electron chi connectivity index (χ1n) is 9.79. The molecule has 2 heterocycles. The number of aromatic hydroxyl groups is 1. The van der Waals surface area contributed by atoms with E-state index >= 15 is 0 Å². The highest BCUT2D eigenvalue weighted by atomic mass is 16.5. The second-order valence-corrected chi connectivity index (χ2v) is 6.68. The third-order valence-corrected chi connectivity index (χ3v) is 4.82. The number of phenolic OH excluding ortho intramolecular Hbond substituents is 1. The lowest BCUT2D eigenvalue weighted by molar-refractivity contribution is -0.148. The first-order valence-corrected chi connectivity index (χ1v) is 9.79. The minimum atomic E-state index is -0.501. The smallest absolute Gasteiger partial charge is 0.343 e. The zero-order chi connectivity index (χ0) is 20.8. The number of rotatable bonds is 6. The highest BCUT2D eigenvalue weighted by Crippen LogP contribution is 2.30. The number of hydrogen-bond acceptors (Lipinski definition) is 8. The predicted octanol–water partition coefficient (Wildman–Crippen LogP) is 2.81. The van der Waals surface area contributed by atoms with Crippen molar-refractivity contribution in [1.82, 2.24) is 9.97 Å². The number of esters is 2. The summed E-state index contributed by atoms with van der Waals surface area (Å²) >= 11 is 0. The van der Waals surface area contributed by atoms with Gasteiger partial charge in [-0.15, -0.1) is 0 Å². The fourth-order valence-corrected chi connectivity index (χ4v) is 3.35. The van der Waals surface area contributed by atoms with Crippen LogP contribution < -0.4 is 4.90 Å². The maximum atomic E-state index is 12.4. The van der Waals surface area contributed by atoms with Crippen molar-refractivity contribution in [2.45, 2.75) is 26.7 Å². The monoisotopic (exact) mass is 399 g/mol. The van der Waals surface area contributed by atoms with Crippen LogP contribution in [0.5, 0.6) is 5.75 Å². The number of phenols is 1. The Morgan fingerprint density at radius 3 is 2.48 bits per heavy atom. The lowest BCUT2D eigenvalue weighted by atomic mass is 9.97. The van der Waals surface area contributed by atoms with Gasteiger partial charge >= 0.3 is 11.9 Å². The summed E-state index contributed by atoms with van der Waals surface area (Å²) in [5, 5.41) is 10.1. The molecule has 29 heavy (non-hydrogen) atoms. The van der Waals surface area contributed by atoms with Gasteiger partial charge in [-0.05, 0) is 38.8 Å². The van der Waals surface area contributed by atoms with Gasteiger partial charge in [-0.2, -0.15) is 0 Å². The van der Waals surface area contributed by atoms with Crippen LogP contribution >= 0.6 is 0 Å². The van der Waals surface area contributed by atoms with E-state index in [-0.39, 0.29) is 29.8 Å². The standard InChI is InChI=1S/C21H25N3O5/c1-3-28-20(26)14-9-11-24(12-10-14)19-16(21(27)29-4-2)13-22-18(23-19)15-7-5-6-8-17(15)25/h5-8,13-14,25H,3-4,9-12H2,1-2H3. The average Bonchev–Trinajstić information content (AvgIpc) is 2.74. The molecule has 0 saturated carbocycles. The number of nitrogens with zero attached hydrogens (tertiary/aromatic N) is 3. The maximum absolute atomic E-state index is 12.4. The molecule has 0 radical (unpaired) electrons. The Kier molecular flexibility index (Phi) is 6.64. The van der Waals surface area contributed by atoms with E-state index in [0.717, 1.165) is 0 Å². The highest BCUT2D eigenvalue weighted by Gasteiger charge is 2.29. The first-order chi connectivity index (χ1) is 14.0. The minimum absolute atomic E-state index is 0.0587. The van der Waals surface area contributed by atoms with Gasteiger partial charge in [0.1, 0.15) is 17.1 Å². The van der Waals surface area contributed by atoms with Gasteiger partial charge in [0.25, 0.3) is 0 Å². The van der Waals surface area contributed by atoms with Crippen LogP contribution in [0.3, 0.4) is 0 Å². The van der Waals surface area contributed by atoms with Crippen LogP contribution in [0.15, 0.2) is 30.5 Å². The van der Waals surface area contributed by atoms with E-state index in [1.807, 2.05) is 4.90 Å². The molecule has 1 saturated heterocycles. The van der Waals surface area contributed by atoms with Gasteiger partial charge in [-0.1, -0.05) is 12.1 Å². The van der Waals surface area contributed by atoms with Gasteiger partial charge in [0.15, 0.2) is 5.82 Å². The molecule has 0 aliphatic carbocycles. The summed E-state index contributed by atoms with van der Waals surface area (Å²) in [6, 6.07) is 6.77. The third kappa shape index (κ3) is 4.64. The topological polar surface area (TPSA) is 102 Å². The van der Waals surface area contributed by atoms with E-state index in [1.54, 1.807) is 38.1 Å². The third-order valence-electron chi connectivity index (χ3n) is 4.82. The molecule has 1 aromatic carbocycles. The molecule has 1 aliphatic rings. The van der Waals surface area contributed by atoms with Crippen molar-refractivity contribution in [3.8, 4) is 17.1 Å². The molecular weight excluding hydrogens is 374 g/mol. The van der Waals surface area contributed by atoms with Gasteiger partial charge < -0.3 is 19.5 Å². The van der Waals surface area contributed by atoms with Crippen LogP contribution in [0.25, 0.3) is 11.4 Å². The van der Waals surface area contributed by atoms with Crippen molar-refractivity contribution >= 4 is 17.8 Å². The average molecular weight is 399 g/mol. The molecule has 1 aromatic heterocycles. The summed E-state index contributed by atoms with van der Waals surface area (Å²) < 4.78 is 10.3. The Labute approximate surface area is 169 Å². The molecule has 154 valence electrons. The number of aromatic nitrogens is 2. The zero-order valence-electron chi connectivity index (χ0n) is 16.6. The SMILES string of the molecule is CCOC(=O)c1cnc(-c2ccccc2O)nc1N1CCC(C(=O)OCC)CC1.